The van der Waals surface area contributed by atoms with Crippen molar-refractivity contribution in [1.82, 2.24) is 0 Å². The number of hydrogen-bond donors (Lipinski definition) is 3. The first-order valence-electron chi connectivity index (χ1n) is 7.49. The predicted octanol–water partition coefficient (Wildman–Crippen LogP) is 3.56. The molecule has 1 saturated carbocycles. The van der Waals surface area contributed by atoms with Crippen LogP contribution in [0, 0.1) is 11.3 Å². The monoisotopic (exact) mass is 321 g/mol. The number of phenolic OH excluding ortho intramolecular Hbond substituents is 1. The van der Waals surface area contributed by atoms with Gasteiger partial charge in [-0.15, -0.1) is 0 Å². The van der Waals surface area contributed by atoms with Gasteiger partial charge in [-0.25, -0.2) is 4.79 Å². The van der Waals surface area contributed by atoms with Gasteiger partial charge >= 0.3 is 12.1 Å². The summed E-state index contributed by atoms with van der Waals surface area (Å²) in [7, 11) is 0. The second-order valence-corrected chi connectivity index (χ2v) is 7.52. The minimum atomic E-state index is -0.865. The SMILES string of the molecule is CC(C)(C)OC(=O)Nc1ccc(C2C(C(=O)O)C2(C)C)c(O)c1. The fraction of sp³-hybridized carbons (Fsp3) is 0.529. The van der Waals surface area contributed by atoms with E-state index in [1.54, 1.807) is 32.9 Å². The number of carboxylic acid groups (broad SMARTS) is 1. The van der Waals surface area contributed by atoms with E-state index < -0.39 is 29.0 Å². The Kier molecular flexibility index (Phi) is 4.05. The van der Waals surface area contributed by atoms with Crippen LogP contribution in [-0.4, -0.2) is 27.9 Å². The molecule has 2 atom stereocenters. The van der Waals surface area contributed by atoms with Crippen LogP contribution in [0.2, 0.25) is 0 Å². The van der Waals surface area contributed by atoms with Gasteiger partial charge in [0.05, 0.1) is 5.92 Å². The van der Waals surface area contributed by atoms with Crippen LogP contribution in [-0.2, 0) is 9.53 Å². The number of phenols is 1. The van der Waals surface area contributed by atoms with Gasteiger partial charge in [0.25, 0.3) is 0 Å². The summed E-state index contributed by atoms with van der Waals surface area (Å²) in [5.74, 6) is -1.65. The summed E-state index contributed by atoms with van der Waals surface area (Å²) in [6.07, 6.45) is -0.611. The molecule has 0 saturated heterocycles. The molecule has 23 heavy (non-hydrogen) atoms. The van der Waals surface area contributed by atoms with E-state index in [-0.39, 0.29) is 11.7 Å². The molecule has 2 rings (SSSR count). The average molecular weight is 321 g/mol. The van der Waals surface area contributed by atoms with Crippen LogP contribution in [0.15, 0.2) is 18.2 Å². The van der Waals surface area contributed by atoms with Crippen LogP contribution in [0.25, 0.3) is 0 Å². The van der Waals surface area contributed by atoms with E-state index in [1.165, 1.54) is 6.07 Å². The van der Waals surface area contributed by atoms with Gasteiger partial charge in [-0.1, -0.05) is 19.9 Å². The number of benzene rings is 1. The second-order valence-electron chi connectivity index (χ2n) is 7.52. The van der Waals surface area contributed by atoms with E-state index in [0.29, 0.717) is 11.3 Å². The van der Waals surface area contributed by atoms with Crippen LogP contribution in [0.4, 0.5) is 10.5 Å². The Morgan fingerprint density at radius 2 is 1.87 bits per heavy atom. The van der Waals surface area contributed by atoms with Crippen molar-refractivity contribution in [1.29, 1.82) is 0 Å². The molecule has 1 aliphatic carbocycles. The van der Waals surface area contributed by atoms with Gasteiger partial charge in [-0.2, -0.15) is 0 Å². The zero-order valence-corrected chi connectivity index (χ0v) is 14.0. The van der Waals surface area contributed by atoms with Crippen LogP contribution in [0.1, 0.15) is 46.1 Å². The first kappa shape index (κ1) is 17.1. The number of amides is 1. The minimum Gasteiger partial charge on any atom is -0.508 e. The number of nitrogens with one attached hydrogen (secondary N) is 1. The lowest BCUT2D eigenvalue weighted by Crippen LogP contribution is -2.27. The number of carbonyl (C=O) groups is 2. The number of anilines is 1. The van der Waals surface area contributed by atoms with Crippen molar-refractivity contribution < 1.29 is 24.5 Å². The number of carbonyl (C=O) groups excluding carboxylic acids is 1. The Hall–Kier alpha value is -2.24. The van der Waals surface area contributed by atoms with Gasteiger partial charge in [-0.05, 0) is 37.8 Å². The van der Waals surface area contributed by atoms with Crippen LogP contribution in [0.5, 0.6) is 5.75 Å². The first-order valence-corrected chi connectivity index (χ1v) is 7.49. The number of aromatic hydroxyl groups is 1. The van der Waals surface area contributed by atoms with E-state index in [4.69, 9.17) is 4.74 Å². The van der Waals surface area contributed by atoms with Crippen molar-refractivity contribution in [2.75, 3.05) is 5.32 Å². The van der Waals surface area contributed by atoms with Gasteiger partial charge in [0.1, 0.15) is 11.4 Å². The molecule has 1 aromatic carbocycles. The number of hydrogen-bond acceptors (Lipinski definition) is 4. The van der Waals surface area contributed by atoms with E-state index in [9.17, 15) is 19.8 Å². The Morgan fingerprint density at radius 3 is 2.30 bits per heavy atom. The molecular formula is C17H23NO5. The Bertz CT molecular complexity index is 645. The maximum absolute atomic E-state index is 11.7. The molecule has 0 aliphatic heterocycles. The standard InChI is InChI=1S/C17H23NO5/c1-16(2,3)23-15(22)18-9-6-7-10(11(19)8-9)12-13(14(20)21)17(12,4)5/h6-8,12-13,19H,1-5H3,(H,18,22)(H,20,21). The molecule has 126 valence electrons. The number of ether oxygens (including phenoxy) is 1. The lowest BCUT2D eigenvalue weighted by atomic mass is 10.0. The van der Waals surface area contributed by atoms with E-state index in [1.807, 2.05) is 13.8 Å². The van der Waals surface area contributed by atoms with Crippen molar-refractivity contribution in [2.45, 2.75) is 46.1 Å². The molecule has 1 amide bonds. The predicted molar refractivity (Wildman–Crippen MR) is 85.6 cm³/mol. The van der Waals surface area contributed by atoms with Crippen molar-refractivity contribution in [3.63, 3.8) is 0 Å². The van der Waals surface area contributed by atoms with Crippen molar-refractivity contribution >= 4 is 17.7 Å². The van der Waals surface area contributed by atoms with Gasteiger partial charge in [0.2, 0.25) is 0 Å². The van der Waals surface area contributed by atoms with Gasteiger partial charge in [0.15, 0.2) is 0 Å². The molecule has 2 unspecified atom stereocenters. The van der Waals surface area contributed by atoms with Crippen molar-refractivity contribution in [3.05, 3.63) is 23.8 Å². The van der Waals surface area contributed by atoms with Crippen molar-refractivity contribution in [3.8, 4) is 5.75 Å². The lowest BCUT2D eigenvalue weighted by Gasteiger charge is -2.19. The highest BCUT2D eigenvalue weighted by molar-refractivity contribution is 5.85. The zero-order valence-electron chi connectivity index (χ0n) is 14.0. The molecule has 3 N–H and O–H groups in total. The summed E-state index contributed by atoms with van der Waals surface area (Å²) in [5, 5.41) is 22.0. The molecular weight excluding hydrogens is 298 g/mol. The summed E-state index contributed by atoms with van der Waals surface area (Å²) >= 11 is 0. The largest absolute Gasteiger partial charge is 0.508 e. The fourth-order valence-electron chi connectivity index (χ4n) is 2.98. The van der Waals surface area contributed by atoms with Gasteiger partial charge < -0.3 is 14.9 Å². The Labute approximate surface area is 135 Å². The molecule has 0 spiro atoms. The maximum atomic E-state index is 11.7. The van der Waals surface area contributed by atoms with Crippen LogP contribution < -0.4 is 5.32 Å². The summed E-state index contributed by atoms with van der Waals surface area (Å²) < 4.78 is 5.14. The van der Waals surface area contributed by atoms with Crippen molar-refractivity contribution in [2.24, 2.45) is 11.3 Å². The average Bonchev–Trinajstić information content (AvgIpc) is 2.89. The molecule has 0 heterocycles. The van der Waals surface area contributed by atoms with E-state index >= 15 is 0 Å². The zero-order chi connectivity index (χ0) is 17.6. The third-order valence-corrected chi connectivity index (χ3v) is 4.10. The summed E-state index contributed by atoms with van der Waals surface area (Å²) in [6.45, 7) is 9.00. The van der Waals surface area contributed by atoms with Gasteiger partial charge in [0, 0.05) is 17.7 Å². The molecule has 0 bridgehead atoms. The maximum Gasteiger partial charge on any atom is 0.412 e. The summed E-state index contributed by atoms with van der Waals surface area (Å²) in [4.78, 5) is 23.0. The Balaban J connectivity index is 2.14. The number of aliphatic carboxylic acids is 1. The molecule has 6 nitrogen and oxygen atoms in total. The normalized spacial score (nSPS) is 22.3. The molecule has 1 aliphatic rings. The van der Waals surface area contributed by atoms with Crippen LogP contribution >= 0.6 is 0 Å². The topological polar surface area (TPSA) is 95.9 Å². The highest BCUT2D eigenvalue weighted by Gasteiger charge is 2.63. The highest BCUT2D eigenvalue weighted by atomic mass is 16.6. The quantitative estimate of drug-likeness (QED) is 0.791. The lowest BCUT2D eigenvalue weighted by molar-refractivity contribution is -0.139. The molecule has 0 radical (unpaired) electrons. The third-order valence-electron chi connectivity index (χ3n) is 4.10. The number of carboxylic acids is 1. The number of rotatable bonds is 3. The molecule has 1 fully saturated rings. The van der Waals surface area contributed by atoms with E-state index in [2.05, 4.69) is 5.32 Å². The van der Waals surface area contributed by atoms with Crippen LogP contribution in [0.3, 0.4) is 0 Å². The second kappa shape index (κ2) is 5.44. The first-order chi connectivity index (χ1) is 10.4. The molecule has 6 heteroatoms. The molecule has 0 aromatic heterocycles. The molecule has 1 aromatic rings. The smallest absolute Gasteiger partial charge is 0.412 e. The fourth-order valence-corrected chi connectivity index (χ4v) is 2.98. The third kappa shape index (κ3) is 3.57. The highest BCUT2D eigenvalue weighted by Crippen LogP contribution is 2.65. The van der Waals surface area contributed by atoms with E-state index in [0.717, 1.165) is 0 Å². The summed E-state index contributed by atoms with van der Waals surface area (Å²) in [5.41, 5.74) is -0.0367. The minimum absolute atomic E-state index is 0.0274. The van der Waals surface area contributed by atoms with Gasteiger partial charge in [-0.3, -0.25) is 10.1 Å². The Morgan fingerprint density at radius 1 is 1.26 bits per heavy atom. The summed E-state index contributed by atoms with van der Waals surface area (Å²) in [6, 6.07) is 4.69.